The van der Waals surface area contributed by atoms with E-state index >= 15 is 0 Å². The number of benzene rings is 2. The number of carboxylic acids is 1. The van der Waals surface area contributed by atoms with Crippen molar-refractivity contribution < 1.29 is 18.3 Å². The maximum atomic E-state index is 12.4. The first kappa shape index (κ1) is 15.5. The average molecular weight is 325 g/mol. The number of sulfone groups is 1. The summed E-state index contributed by atoms with van der Waals surface area (Å²) in [6.07, 6.45) is 0. The van der Waals surface area contributed by atoms with E-state index in [2.05, 4.69) is 0 Å². The molecule has 0 saturated heterocycles. The topological polar surface area (TPSA) is 71.4 Å². The van der Waals surface area contributed by atoms with Gasteiger partial charge in [0.1, 0.15) is 0 Å². The van der Waals surface area contributed by atoms with Gasteiger partial charge in [0.05, 0.1) is 16.2 Å². The third-order valence-corrected chi connectivity index (χ3v) is 4.96. The Bertz CT molecular complexity index is 780. The molecule has 0 bridgehead atoms. The smallest absolute Gasteiger partial charge is 0.337 e. The Kier molecular flexibility index (Phi) is 4.34. The number of hydrogen-bond acceptors (Lipinski definition) is 3. The Morgan fingerprint density at radius 1 is 1.14 bits per heavy atom. The van der Waals surface area contributed by atoms with Gasteiger partial charge in [0.2, 0.25) is 0 Å². The van der Waals surface area contributed by atoms with Crippen molar-refractivity contribution in [1.82, 2.24) is 0 Å². The molecular formula is C15H13ClO4S. The van der Waals surface area contributed by atoms with E-state index in [0.717, 1.165) is 0 Å². The first-order valence-electron chi connectivity index (χ1n) is 6.11. The minimum Gasteiger partial charge on any atom is -0.478 e. The fourth-order valence-corrected chi connectivity index (χ4v) is 3.63. The molecule has 2 aromatic carbocycles. The van der Waals surface area contributed by atoms with Crippen molar-refractivity contribution in [3.05, 3.63) is 64.2 Å². The number of rotatable bonds is 4. The van der Waals surface area contributed by atoms with E-state index in [1.54, 1.807) is 37.3 Å². The lowest BCUT2D eigenvalue weighted by Gasteiger charge is -2.09. The monoisotopic (exact) mass is 324 g/mol. The molecule has 0 aliphatic rings. The van der Waals surface area contributed by atoms with Gasteiger partial charge < -0.3 is 5.11 Å². The Hall–Kier alpha value is -1.85. The molecule has 0 aliphatic heterocycles. The van der Waals surface area contributed by atoms with Crippen LogP contribution < -0.4 is 0 Å². The minimum absolute atomic E-state index is 0.171. The molecule has 0 heterocycles. The maximum Gasteiger partial charge on any atom is 0.337 e. The summed E-state index contributed by atoms with van der Waals surface area (Å²) < 4.78 is 24.9. The van der Waals surface area contributed by atoms with E-state index in [1.807, 2.05) is 0 Å². The van der Waals surface area contributed by atoms with Crippen LogP contribution in [-0.2, 0) is 15.6 Å². The standard InChI is InChI=1S/C15H13ClO4S/c1-10-2-7-14(13(8-10)15(17)18)21(19,20)9-11-3-5-12(16)6-4-11/h2-8H,9H2,1H3,(H,17,18). The van der Waals surface area contributed by atoms with Gasteiger partial charge in [-0.3, -0.25) is 0 Å². The quantitative estimate of drug-likeness (QED) is 0.936. The largest absolute Gasteiger partial charge is 0.478 e. The van der Waals surface area contributed by atoms with Crippen molar-refractivity contribution in [3.8, 4) is 0 Å². The molecule has 0 amide bonds. The van der Waals surface area contributed by atoms with Gasteiger partial charge in [-0.25, -0.2) is 13.2 Å². The van der Waals surface area contributed by atoms with E-state index in [1.165, 1.54) is 12.1 Å². The molecule has 0 aromatic heterocycles. The first-order chi connectivity index (χ1) is 9.79. The number of carboxylic acid groups (broad SMARTS) is 1. The van der Waals surface area contributed by atoms with Crippen LogP contribution in [0.25, 0.3) is 0 Å². The van der Waals surface area contributed by atoms with E-state index in [4.69, 9.17) is 11.6 Å². The molecular weight excluding hydrogens is 312 g/mol. The van der Waals surface area contributed by atoms with Crippen molar-refractivity contribution in [2.75, 3.05) is 0 Å². The van der Waals surface area contributed by atoms with Crippen LogP contribution in [-0.4, -0.2) is 19.5 Å². The number of carbonyl (C=O) groups is 1. The molecule has 0 saturated carbocycles. The lowest BCUT2D eigenvalue weighted by molar-refractivity contribution is 0.0692. The Balaban J connectivity index is 2.44. The molecule has 0 spiro atoms. The van der Waals surface area contributed by atoms with E-state index in [9.17, 15) is 18.3 Å². The molecule has 0 unspecified atom stereocenters. The van der Waals surface area contributed by atoms with Gasteiger partial charge in [-0.2, -0.15) is 0 Å². The molecule has 21 heavy (non-hydrogen) atoms. The second-order valence-corrected chi connectivity index (χ2v) is 7.08. The molecule has 0 radical (unpaired) electrons. The van der Waals surface area contributed by atoms with E-state index in [-0.39, 0.29) is 16.2 Å². The summed E-state index contributed by atoms with van der Waals surface area (Å²) in [5, 5.41) is 9.69. The highest BCUT2D eigenvalue weighted by atomic mass is 35.5. The third-order valence-electron chi connectivity index (χ3n) is 2.97. The van der Waals surface area contributed by atoms with Crippen molar-refractivity contribution in [2.24, 2.45) is 0 Å². The molecule has 0 aliphatic carbocycles. The molecule has 2 rings (SSSR count). The molecule has 0 fully saturated rings. The normalized spacial score (nSPS) is 11.3. The van der Waals surface area contributed by atoms with Gasteiger partial charge in [-0.05, 0) is 36.8 Å². The summed E-state index contributed by atoms with van der Waals surface area (Å²) in [6, 6.07) is 10.7. The molecule has 4 nitrogen and oxygen atoms in total. The number of aromatic carboxylic acids is 1. The van der Waals surface area contributed by atoms with Gasteiger partial charge in [0.15, 0.2) is 9.84 Å². The second-order valence-electron chi connectivity index (χ2n) is 4.69. The summed E-state index contributed by atoms with van der Waals surface area (Å²) >= 11 is 5.76. The summed E-state index contributed by atoms with van der Waals surface area (Å²) in [5.41, 5.74) is 1.04. The highest BCUT2D eigenvalue weighted by molar-refractivity contribution is 7.90. The zero-order valence-corrected chi connectivity index (χ0v) is 12.8. The first-order valence-corrected chi connectivity index (χ1v) is 8.14. The molecule has 110 valence electrons. The lowest BCUT2D eigenvalue weighted by atomic mass is 10.1. The molecule has 1 N–H and O–H groups in total. The Labute approximate surface area is 127 Å². The van der Waals surface area contributed by atoms with Crippen molar-refractivity contribution in [1.29, 1.82) is 0 Å². The number of aryl methyl sites for hydroxylation is 1. The maximum absolute atomic E-state index is 12.4. The van der Waals surface area contributed by atoms with Crippen LogP contribution >= 0.6 is 11.6 Å². The van der Waals surface area contributed by atoms with Crippen LogP contribution in [0.15, 0.2) is 47.4 Å². The zero-order valence-electron chi connectivity index (χ0n) is 11.2. The van der Waals surface area contributed by atoms with Gasteiger partial charge in [0.25, 0.3) is 0 Å². The van der Waals surface area contributed by atoms with E-state index in [0.29, 0.717) is 16.1 Å². The number of halogens is 1. The van der Waals surface area contributed by atoms with Crippen LogP contribution in [0.3, 0.4) is 0 Å². The van der Waals surface area contributed by atoms with Gasteiger partial charge >= 0.3 is 5.97 Å². The van der Waals surface area contributed by atoms with E-state index < -0.39 is 15.8 Å². The van der Waals surface area contributed by atoms with Crippen molar-refractivity contribution in [2.45, 2.75) is 17.6 Å². The lowest BCUT2D eigenvalue weighted by Crippen LogP contribution is -2.11. The van der Waals surface area contributed by atoms with Crippen LogP contribution in [0.4, 0.5) is 0 Å². The predicted molar refractivity (Wildman–Crippen MR) is 80.5 cm³/mol. The average Bonchev–Trinajstić information content (AvgIpc) is 2.40. The van der Waals surface area contributed by atoms with Gasteiger partial charge in [-0.15, -0.1) is 0 Å². The number of hydrogen-bond donors (Lipinski definition) is 1. The third kappa shape index (κ3) is 3.62. The zero-order chi connectivity index (χ0) is 15.6. The van der Waals surface area contributed by atoms with Crippen LogP contribution in [0, 0.1) is 6.92 Å². The summed E-state index contributed by atoms with van der Waals surface area (Å²) in [7, 11) is -3.74. The highest BCUT2D eigenvalue weighted by Crippen LogP contribution is 2.22. The van der Waals surface area contributed by atoms with Crippen LogP contribution in [0.2, 0.25) is 5.02 Å². The summed E-state index contributed by atoms with van der Waals surface area (Å²) in [5.74, 6) is -1.53. The fraction of sp³-hybridized carbons (Fsp3) is 0.133. The van der Waals surface area contributed by atoms with Gasteiger partial charge in [0, 0.05) is 5.02 Å². The fourth-order valence-electron chi connectivity index (χ4n) is 1.96. The summed E-state index contributed by atoms with van der Waals surface area (Å²) in [6.45, 7) is 1.71. The highest BCUT2D eigenvalue weighted by Gasteiger charge is 2.22. The minimum atomic E-state index is -3.74. The SMILES string of the molecule is Cc1ccc(S(=O)(=O)Cc2ccc(Cl)cc2)c(C(=O)O)c1. The van der Waals surface area contributed by atoms with Crippen molar-refractivity contribution >= 4 is 27.4 Å². The van der Waals surface area contributed by atoms with Gasteiger partial charge in [-0.1, -0.05) is 35.4 Å². The molecule has 0 atom stereocenters. The Morgan fingerprint density at radius 3 is 2.33 bits per heavy atom. The molecule has 6 heteroatoms. The predicted octanol–water partition coefficient (Wildman–Crippen LogP) is 3.32. The second kappa shape index (κ2) is 5.87. The van der Waals surface area contributed by atoms with Crippen LogP contribution in [0.5, 0.6) is 0 Å². The van der Waals surface area contributed by atoms with Crippen molar-refractivity contribution in [3.63, 3.8) is 0 Å². The summed E-state index contributed by atoms with van der Waals surface area (Å²) in [4.78, 5) is 11.1. The van der Waals surface area contributed by atoms with Crippen LogP contribution in [0.1, 0.15) is 21.5 Å². The Morgan fingerprint density at radius 2 is 1.76 bits per heavy atom. The molecule has 2 aromatic rings.